The molecule has 0 atom stereocenters. The summed E-state index contributed by atoms with van der Waals surface area (Å²) in [6.07, 6.45) is 1.52. The van der Waals surface area contributed by atoms with Crippen molar-refractivity contribution < 1.29 is 19.1 Å². The minimum Gasteiger partial charge on any atom is -0.423 e. The van der Waals surface area contributed by atoms with Crippen LogP contribution >= 0.6 is 0 Å². The molecule has 1 aliphatic rings. The van der Waals surface area contributed by atoms with Gasteiger partial charge in [0, 0.05) is 25.1 Å². The first-order valence-electron chi connectivity index (χ1n) is 8.23. The summed E-state index contributed by atoms with van der Waals surface area (Å²) in [5.74, 6) is -0.0542. The lowest BCUT2D eigenvalue weighted by Gasteiger charge is -2.15. The number of nitrogens with zero attached hydrogens (tertiary/aromatic N) is 1. The summed E-state index contributed by atoms with van der Waals surface area (Å²) < 4.78 is 5.33. The van der Waals surface area contributed by atoms with Crippen molar-refractivity contribution in [3.63, 3.8) is 0 Å². The predicted molar refractivity (Wildman–Crippen MR) is 92.5 cm³/mol. The van der Waals surface area contributed by atoms with Gasteiger partial charge in [-0.1, -0.05) is 24.3 Å². The van der Waals surface area contributed by atoms with E-state index in [1.807, 2.05) is 17.0 Å². The molecule has 0 bridgehead atoms. The lowest BCUT2D eigenvalue weighted by molar-refractivity contribution is -0.128. The highest BCUT2D eigenvalue weighted by atomic mass is 16.5. The Morgan fingerprint density at radius 2 is 1.84 bits per heavy atom. The van der Waals surface area contributed by atoms with Crippen LogP contribution in [-0.4, -0.2) is 29.1 Å². The van der Waals surface area contributed by atoms with E-state index in [9.17, 15) is 14.4 Å². The zero-order valence-corrected chi connectivity index (χ0v) is 14.0. The number of amides is 1. The average Bonchev–Trinajstić information content (AvgIpc) is 3.00. The first-order valence-corrected chi connectivity index (χ1v) is 8.23. The van der Waals surface area contributed by atoms with Crippen molar-refractivity contribution in [3.05, 3.63) is 65.2 Å². The van der Waals surface area contributed by atoms with Gasteiger partial charge in [-0.2, -0.15) is 0 Å². The monoisotopic (exact) mass is 337 g/mol. The first-order chi connectivity index (χ1) is 12.0. The third-order valence-corrected chi connectivity index (χ3v) is 4.19. The highest BCUT2D eigenvalue weighted by Gasteiger charge is 2.20. The molecule has 1 amide bonds. The smallest absolute Gasteiger partial charge is 0.343 e. The molecule has 0 N–H and O–H groups in total. The third kappa shape index (κ3) is 4.12. The van der Waals surface area contributed by atoms with Gasteiger partial charge in [0.15, 0.2) is 5.78 Å². The van der Waals surface area contributed by atoms with Gasteiger partial charge < -0.3 is 9.64 Å². The number of rotatable bonds is 5. The summed E-state index contributed by atoms with van der Waals surface area (Å²) in [5.41, 5.74) is 1.89. The molecule has 1 fully saturated rings. The fourth-order valence-electron chi connectivity index (χ4n) is 2.78. The van der Waals surface area contributed by atoms with Crippen molar-refractivity contribution in [2.45, 2.75) is 26.3 Å². The number of Topliss-reactive ketones (excluding diaryl/α,β-unsaturated/α-hetero) is 1. The van der Waals surface area contributed by atoms with Crippen LogP contribution in [0.3, 0.4) is 0 Å². The normalized spacial score (nSPS) is 13.8. The molecule has 1 aliphatic heterocycles. The topological polar surface area (TPSA) is 63.7 Å². The van der Waals surface area contributed by atoms with Crippen LogP contribution in [-0.2, 0) is 11.3 Å². The van der Waals surface area contributed by atoms with Crippen molar-refractivity contribution in [3.8, 4) is 5.75 Å². The van der Waals surface area contributed by atoms with E-state index in [0.29, 0.717) is 29.8 Å². The summed E-state index contributed by atoms with van der Waals surface area (Å²) in [7, 11) is 0. The molecule has 0 aromatic heterocycles. The van der Waals surface area contributed by atoms with Crippen LogP contribution < -0.4 is 4.74 Å². The van der Waals surface area contributed by atoms with Gasteiger partial charge in [0.2, 0.25) is 5.91 Å². The second-order valence-electron chi connectivity index (χ2n) is 6.09. The Balaban J connectivity index is 1.65. The highest BCUT2D eigenvalue weighted by Crippen LogP contribution is 2.17. The van der Waals surface area contributed by atoms with Crippen LogP contribution in [0.4, 0.5) is 0 Å². The molecule has 128 valence electrons. The molecular formula is C20H19NO4. The SMILES string of the molecule is CC(=O)c1cccc(OC(=O)c2ccc(CN3CCCC3=O)cc2)c1. The number of benzene rings is 2. The molecule has 5 heteroatoms. The van der Waals surface area contributed by atoms with Gasteiger partial charge in [0.1, 0.15) is 5.75 Å². The number of carbonyl (C=O) groups is 3. The van der Waals surface area contributed by atoms with Crippen LogP contribution in [0.15, 0.2) is 48.5 Å². The van der Waals surface area contributed by atoms with Gasteiger partial charge in [-0.15, -0.1) is 0 Å². The van der Waals surface area contributed by atoms with Gasteiger partial charge in [-0.3, -0.25) is 9.59 Å². The minimum absolute atomic E-state index is 0.0845. The van der Waals surface area contributed by atoms with Crippen LogP contribution in [0.5, 0.6) is 5.75 Å². The third-order valence-electron chi connectivity index (χ3n) is 4.19. The van der Waals surface area contributed by atoms with E-state index in [1.54, 1.807) is 36.4 Å². The number of ether oxygens (including phenoxy) is 1. The molecule has 2 aromatic rings. The number of hydrogen-bond donors (Lipinski definition) is 0. The van der Waals surface area contributed by atoms with Crippen molar-refractivity contribution >= 4 is 17.7 Å². The zero-order chi connectivity index (χ0) is 17.8. The van der Waals surface area contributed by atoms with Gasteiger partial charge in [-0.05, 0) is 43.2 Å². The van der Waals surface area contributed by atoms with Crippen molar-refractivity contribution in [2.24, 2.45) is 0 Å². The molecule has 0 saturated carbocycles. The number of likely N-dealkylation sites (tertiary alicyclic amines) is 1. The number of hydrogen-bond acceptors (Lipinski definition) is 4. The number of ketones is 1. The molecule has 1 heterocycles. The molecule has 1 saturated heterocycles. The van der Waals surface area contributed by atoms with E-state index in [2.05, 4.69) is 0 Å². The lowest BCUT2D eigenvalue weighted by Crippen LogP contribution is -2.23. The van der Waals surface area contributed by atoms with E-state index in [-0.39, 0.29) is 11.7 Å². The van der Waals surface area contributed by atoms with E-state index >= 15 is 0 Å². The fraction of sp³-hybridized carbons (Fsp3) is 0.250. The Hall–Kier alpha value is -2.95. The number of carbonyl (C=O) groups excluding carboxylic acids is 3. The van der Waals surface area contributed by atoms with Crippen LogP contribution in [0.25, 0.3) is 0 Å². The van der Waals surface area contributed by atoms with E-state index in [4.69, 9.17) is 4.74 Å². The second kappa shape index (κ2) is 7.30. The Kier molecular flexibility index (Phi) is 4.93. The molecule has 2 aromatic carbocycles. The van der Waals surface area contributed by atoms with Crippen molar-refractivity contribution in [1.29, 1.82) is 0 Å². The second-order valence-corrected chi connectivity index (χ2v) is 6.09. The molecule has 5 nitrogen and oxygen atoms in total. The fourth-order valence-corrected chi connectivity index (χ4v) is 2.78. The summed E-state index contributed by atoms with van der Waals surface area (Å²) in [5, 5.41) is 0. The molecule has 25 heavy (non-hydrogen) atoms. The van der Waals surface area contributed by atoms with Crippen LogP contribution in [0.1, 0.15) is 46.0 Å². The largest absolute Gasteiger partial charge is 0.423 e. The van der Waals surface area contributed by atoms with Gasteiger partial charge in [0.05, 0.1) is 5.56 Å². The standard InChI is InChI=1S/C20H19NO4/c1-14(22)17-4-2-5-18(12-17)25-20(24)16-9-7-15(8-10-16)13-21-11-3-6-19(21)23/h2,4-5,7-10,12H,3,6,11,13H2,1H3. The average molecular weight is 337 g/mol. The molecule has 0 radical (unpaired) electrons. The lowest BCUT2D eigenvalue weighted by atomic mass is 10.1. The highest BCUT2D eigenvalue weighted by molar-refractivity contribution is 5.95. The molecule has 0 aliphatic carbocycles. The Labute approximate surface area is 146 Å². The maximum atomic E-state index is 12.2. The zero-order valence-electron chi connectivity index (χ0n) is 14.0. The molecule has 3 rings (SSSR count). The number of esters is 1. The summed E-state index contributed by atoms with van der Waals surface area (Å²) in [4.78, 5) is 37.1. The first kappa shape index (κ1) is 16.9. The Bertz CT molecular complexity index is 811. The van der Waals surface area contributed by atoms with Gasteiger partial charge in [0.25, 0.3) is 0 Å². The van der Waals surface area contributed by atoms with Crippen LogP contribution in [0.2, 0.25) is 0 Å². The molecule has 0 unspecified atom stereocenters. The van der Waals surface area contributed by atoms with Crippen molar-refractivity contribution in [1.82, 2.24) is 4.90 Å². The summed E-state index contributed by atoms with van der Waals surface area (Å²) >= 11 is 0. The van der Waals surface area contributed by atoms with Crippen molar-refractivity contribution in [2.75, 3.05) is 6.54 Å². The van der Waals surface area contributed by atoms with Crippen LogP contribution in [0, 0.1) is 0 Å². The Morgan fingerprint density at radius 1 is 1.08 bits per heavy atom. The summed E-state index contributed by atoms with van der Waals surface area (Å²) in [6.45, 7) is 2.81. The van der Waals surface area contributed by atoms with Gasteiger partial charge in [-0.25, -0.2) is 4.79 Å². The Morgan fingerprint density at radius 3 is 2.48 bits per heavy atom. The van der Waals surface area contributed by atoms with E-state index in [1.165, 1.54) is 6.92 Å². The molecule has 0 spiro atoms. The van der Waals surface area contributed by atoms with Gasteiger partial charge >= 0.3 is 5.97 Å². The quantitative estimate of drug-likeness (QED) is 0.477. The predicted octanol–water partition coefficient (Wildman–Crippen LogP) is 3.23. The van der Waals surface area contributed by atoms with E-state index in [0.717, 1.165) is 18.5 Å². The van der Waals surface area contributed by atoms with E-state index < -0.39 is 5.97 Å². The minimum atomic E-state index is -0.482. The maximum absolute atomic E-state index is 12.2. The maximum Gasteiger partial charge on any atom is 0.343 e. The summed E-state index contributed by atoms with van der Waals surface area (Å²) in [6, 6.07) is 13.6. The molecular weight excluding hydrogens is 318 g/mol.